The van der Waals surface area contributed by atoms with Gasteiger partial charge in [-0.2, -0.15) is 0 Å². The number of pyridine rings is 1. The predicted octanol–water partition coefficient (Wildman–Crippen LogP) is 2.15. The molecule has 0 bridgehead atoms. The molecular formula is C5H3BrINO. The molecule has 1 heterocycles. The fourth-order valence-electron chi connectivity index (χ4n) is 0.405. The van der Waals surface area contributed by atoms with E-state index >= 15 is 0 Å². The lowest BCUT2D eigenvalue weighted by Crippen LogP contribution is -1.79. The van der Waals surface area contributed by atoms with Gasteiger partial charge in [-0.05, 0) is 50.7 Å². The molecule has 0 atom stereocenters. The lowest BCUT2D eigenvalue weighted by atomic mass is 10.5. The van der Waals surface area contributed by atoms with E-state index in [2.05, 4.69) is 20.9 Å². The predicted molar refractivity (Wildman–Crippen MR) is 46.3 cm³/mol. The van der Waals surface area contributed by atoms with Crippen molar-refractivity contribution in [2.75, 3.05) is 0 Å². The van der Waals surface area contributed by atoms with Crippen LogP contribution >= 0.6 is 38.5 Å². The number of halogens is 2. The Hall–Kier alpha value is 0.160. The monoisotopic (exact) mass is 299 g/mol. The van der Waals surface area contributed by atoms with E-state index in [1.54, 1.807) is 12.1 Å². The van der Waals surface area contributed by atoms with Gasteiger partial charge in [0.1, 0.15) is 14.1 Å². The van der Waals surface area contributed by atoms with Gasteiger partial charge in [0.25, 0.3) is 0 Å². The molecule has 1 rings (SSSR count). The number of hydrogen-bond donors (Lipinski definition) is 1. The normalized spacial score (nSPS) is 9.56. The summed E-state index contributed by atoms with van der Waals surface area (Å²) in [4.78, 5) is 3.93. The van der Waals surface area contributed by atoms with Crippen LogP contribution in [0, 0.1) is 3.70 Å². The largest absolute Gasteiger partial charge is 0.505 e. The van der Waals surface area contributed by atoms with Crippen LogP contribution in [-0.4, -0.2) is 10.1 Å². The topological polar surface area (TPSA) is 33.1 Å². The molecule has 0 saturated heterocycles. The highest BCUT2D eigenvalue weighted by Gasteiger charge is 1.96. The van der Waals surface area contributed by atoms with Crippen molar-refractivity contribution < 1.29 is 5.11 Å². The molecule has 0 saturated carbocycles. The molecule has 1 N–H and O–H groups in total. The van der Waals surface area contributed by atoms with Crippen molar-refractivity contribution in [1.29, 1.82) is 0 Å². The van der Waals surface area contributed by atoms with Gasteiger partial charge >= 0.3 is 0 Å². The first-order valence-electron chi connectivity index (χ1n) is 2.21. The number of aromatic hydroxyl groups is 1. The molecule has 0 aliphatic carbocycles. The van der Waals surface area contributed by atoms with Crippen molar-refractivity contribution in [3.05, 3.63) is 20.4 Å². The molecular weight excluding hydrogens is 297 g/mol. The van der Waals surface area contributed by atoms with Gasteiger partial charge < -0.3 is 5.11 Å². The van der Waals surface area contributed by atoms with E-state index < -0.39 is 0 Å². The highest BCUT2D eigenvalue weighted by atomic mass is 127. The molecule has 48 valence electrons. The zero-order valence-corrected chi connectivity index (χ0v) is 8.05. The second-order valence-corrected chi connectivity index (χ2v) is 3.28. The van der Waals surface area contributed by atoms with Crippen LogP contribution in [0.25, 0.3) is 0 Å². The Bertz CT molecular complexity index is 228. The van der Waals surface area contributed by atoms with E-state index in [0.29, 0.717) is 3.70 Å². The highest BCUT2D eigenvalue weighted by molar-refractivity contribution is 14.1. The van der Waals surface area contributed by atoms with Gasteiger partial charge in [0.15, 0.2) is 0 Å². The number of rotatable bonds is 0. The summed E-state index contributed by atoms with van der Waals surface area (Å²) in [5.74, 6) is 0.221. The summed E-state index contributed by atoms with van der Waals surface area (Å²) in [6.45, 7) is 0. The lowest BCUT2D eigenvalue weighted by molar-refractivity contribution is 0.468. The van der Waals surface area contributed by atoms with Crippen LogP contribution < -0.4 is 0 Å². The minimum Gasteiger partial charge on any atom is -0.505 e. The van der Waals surface area contributed by atoms with Crippen LogP contribution in [0.1, 0.15) is 0 Å². The maximum absolute atomic E-state index is 8.95. The van der Waals surface area contributed by atoms with Crippen molar-refractivity contribution in [2.45, 2.75) is 0 Å². The molecule has 1 aromatic heterocycles. The van der Waals surface area contributed by atoms with Gasteiger partial charge in [-0.1, -0.05) is 0 Å². The summed E-state index contributed by atoms with van der Waals surface area (Å²) in [7, 11) is 0. The summed E-state index contributed by atoms with van der Waals surface area (Å²) < 4.78 is 1.35. The van der Waals surface area contributed by atoms with Gasteiger partial charge in [-0.3, -0.25) is 0 Å². The first-order chi connectivity index (χ1) is 4.20. The smallest absolute Gasteiger partial charge is 0.147 e. The average Bonchev–Trinajstić information content (AvgIpc) is 1.80. The molecule has 0 radical (unpaired) electrons. The van der Waals surface area contributed by atoms with Gasteiger partial charge in [0, 0.05) is 0 Å². The van der Waals surface area contributed by atoms with Crippen molar-refractivity contribution in [3.63, 3.8) is 0 Å². The Kier molecular flexibility index (Phi) is 2.29. The van der Waals surface area contributed by atoms with Crippen LogP contribution in [-0.2, 0) is 0 Å². The van der Waals surface area contributed by atoms with Crippen LogP contribution in [0.5, 0.6) is 5.75 Å². The molecule has 0 aliphatic heterocycles. The lowest BCUT2D eigenvalue weighted by Gasteiger charge is -1.93. The maximum Gasteiger partial charge on any atom is 0.147 e. The van der Waals surface area contributed by atoms with E-state index in [0.717, 1.165) is 4.60 Å². The van der Waals surface area contributed by atoms with Crippen molar-refractivity contribution in [2.24, 2.45) is 0 Å². The quantitative estimate of drug-likeness (QED) is 0.588. The summed E-state index contributed by atoms with van der Waals surface area (Å²) in [5.41, 5.74) is 0. The molecule has 2 nitrogen and oxygen atoms in total. The van der Waals surface area contributed by atoms with E-state index in [4.69, 9.17) is 5.11 Å². The minimum absolute atomic E-state index is 0.221. The number of nitrogens with zero attached hydrogens (tertiary/aromatic N) is 1. The average molecular weight is 300 g/mol. The van der Waals surface area contributed by atoms with Crippen LogP contribution in [0.4, 0.5) is 0 Å². The Morgan fingerprint density at radius 3 is 2.67 bits per heavy atom. The molecule has 0 aliphatic rings. The molecule has 0 spiro atoms. The highest BCUT2D eigenvalue weighted by Crippen LogP contribution is 2.18. The van der Waals surface area contributed by atoms with E-state index in [1.165, 1.54) is 0 Å². The third-order valence-corrected chi connectivity index (χ3v) is 2.03. The maximum atomic E-state index is 8.95. The molecule has 0 amide bonds. The molecule has 0 aromatic carbocycles. The van der Waals surface area contributed by atoms with Gasteiger partial charge in [0.05, 0.1) is 0 Å². The number of aromatic nitrogens is 1. The summed E-state index contributed by atoms with van der Waals surface area (Å²) in [6, 6.07) is 3.29. The van der Waals surface area contributed by atoms with Crippen molar-refractivity contribution in [1.82, 2.24) is 4.98 Å². The van der Waals surface area contributed by atoms with E-state index in [9.17, 15) is 0 Å². The second-order valence-electron chi connectivity index (χ2n) is 1.44. The summed E-state index contributed by atoms with van der Waals surface area (Å²) in [5, 5.41) is 8.95. The Balaban J connectivity index is 3.17. The Labute approximate surface area is 74.6 Å². The molecule has 1 aromatic rings. The zero-order valence-electron chi connectivity index (χ0n) is 4.31. The fraction of sp³-hybridized carbons (Fsp3) is 0. The van der Waals surface area contributed by atoms with Crippen LogP contribution in [0.15, 0.2) is 16.7 Å². The number of hydrogen-bond acceptors (Lipinski definition) is 2. The van der Waals surface area contributed by atoms with Gasteiger partial charge in [0.2, 0.25) is 0 Å². The van der Waals surface area contributed by atoms with Gasteiger partial charge in [-0.15, -0.1) is 0 Å². The first kappa shape index (κ1) is 7.27. The van der Waals surface area contributed by atoms with Crippen molar-refractivity contribution >= 4 is 38.5 Å². The minimum atomic E-state index is 0.221. The SMILES string of the molecule is Oc1ccc(Br)nc1I. The third kappa shape index (κ3) is 1.79. The van der Waals surface area contributed by atoms with Crippen LogP contribution in [0.3, 0.4) is 0 Å². The summed E-state index contributed by atoms with van der Waals surface area (Å²) in [6.07, 6.45) is 0. The molecule has 9 heavy (non-hydrogen) atoms. The van der Waals surface area contributed by atoms with Crippen molar-refractivity contribution in [3.8, 4) is 5.75 Å². The standard InChI is InChI=1S/C5H3BrINO/c6-4-2-1-3(9)5(7)8-4/h1-2,9H. The summed E-state index contributed by atoms with van der Waals surface area (Å²) >= 11 is 5.13. The first-order valence-corrected chi connectivity index (χ1v) is 4.08. The fourth-order valence-corrected chi connectivity index (χ4v) is 1.49. The molecule has 0 fully saturated rings. The third-order valence-electron chi connectivity index (χ3n) is 0.795. The second kappa shape index (κ2) is 2.83. The Morgan fingerprint density at radius 1 is 1.56 bits per heavy atom. The van der Waals surface area contributed by atoms with E-state index in [1.807, 2.05) is 22.6 Å². The molecule has 4 heteroatoms. The van der Waals surface area contributed by atoms with Gasteiger partial charge in [-0.25, -0.2) is 4.98 Å². The zero-order chi connectivity index (χ0) is 6.85. The van der Waals surface area contributed by atoms with Crippen LogP contribution in [0.2, 0.25) is 0 Å². The van der Waals surface area contributed by atoms with E-state index in [-0.39, 0.29) is 5.75 Å². The molecule has 0 unspecified atom stereocenters. The Morgan fingerprint density at radius 2 is 2.22 bits per heavy atom.